The van der Waals surface area contributed by atoms with Gasteiger partial charge in [0.1, 0.15) is 0 Å². The zero-order chi connectivity index (χ0) is 20.2. The number of fused-ring (bicyclic) bond motifs is 1. The van der Waals surface area contributed by atoms with Crippen LogP contribution in [0, 0.1) is 6.92 Å². The first-order valence-corrected chi connectivity index (χ1v) is 10.2. The summed E-state index contributed by atoms with van der Waals surface area (Å²) in [6.45, 7) is 1.41. The SMILES string of the molecule is Cc1cnc(C(=O)OCC(=O)N2c3ccccc3SC[C@@H]2c2ccccc2)cn1. The molecule has 7 heteroatoms. The predicted octanol–water partition coefficient (Wildman–Crippen LogP) is 3.82. The number of amides is 1. The van der Waals surface area contributed by atoms with Gasteiger partial charge in [-0.15, -0.1) is 11.8 Å². The van der Waals surface area contributed by atoms with E-state index in [2.05, 4.69) is 9.97 Å². The van der Waals surface area contributed by atoms with Gasteiger partial charge in [-0.25, -0.2) is 9.78 Å². The van der Waals surface area contributed by atoms with Crippen LogP contribution in [-0.2, 0) is 9.53 Å². The number of esters is 1. The first-order valence-electron chi connectivity index (χ1n) is 9.18. The molecule has 0 fully saturated rings. The van der Waals surface area contributed by atoms with Crippen LogP contribution in [0.3, 0.4) is 0 Å². The third-order valence-corrected chi connectivity index (χ3v) is 5.74. The van der Waals surface area contributed by atoms with Crippen molar-refractivity contribution in [3.05, 3.63) is 83.9 Å². The van der Waals surface area contributed by atoms with Crippen LogP contribution in [-0.4, -0.2) is 34.2 Å². The van der Waals surface area contributed by atoms with Gasteiger partial charge in [0.2, 0.25) is 0 Å². The van der Waals surface area contributed by atoms with Gasteiger partial charge in [0.05, 0.1) is 23.6 Å². The second-order valence-corrected chi connectivity index (χ2v) is 7.65. The summed E-state index contributed by atoms with van der Waals surface area (Å²) in [7, 11) is 0. The van der Waals surface area contributed by atoms with Crippen molar-refractivity contribution in [2.45, 2.75) is 17.9 Å². The Hall–Kier alpha value is -3.19. The molecule has 146 valence electrons. The Morgan fingerprint density at radius 1 is 1.07 bits per heavy atom. The lowest BCUT2D eigenvalue weighted by Crippen LogP contribution is -2.41. The van der Waals surface area contributed by atoms with Gasteiger partial charge in [-0.2, -0.15) is 0 Å². The van der Waals surface area contributed by atoms with E-state index in [0.29, 0.717) is 5.69 Å². The fourth-order valence-electron chi connectivity index (χ4n) is 3.19. The summed E-state index contributed by atoms with van der Waals surface area (Å²) < 4.78 is 5.24. The first kappa shape index (κ1) is 19.1. The monoisotopic (exact) mass is 405 g/mol. The molecule has 1 aromatic heterocycles. The lowest BCUT2D eigenvalue weighted by Gasteiger charge is -2.37. The minimum absolute atomic E-state index is 0.0811. The maximum Gasteiger partial charge on any atom is 0.359 e. The van der Waals surface area contributed by atoms with Gasteiger partial charge in [0, 0.05) is 16.8 Å². The Kier molecular flexibility index (Phi) is 5.57. The fourth-order valence-corrected chi connectivity index (χ4v) is 4.35. The van der Waals surface area contributed by atoms with Crippen molar-refractivity contribution >= 4 is 29.3 Å². The summed E-state index contributed by atoms with van der Waals surface area (Å²) in [5, 5.41) is 0. The number of benzene rings is 2. The Morgan fingerprint density at radius 3 is 2.59 bits per heavy atom. The van der Waals surface area contributed by atoms with E-state index in [-0.39, 0.29) is 24.2 Å². The van der Waals surface area contributed by atoms with Gasteiger partial charge >= 0.3 is 5.97 Å². The highest BCUT2D eigenvalue weighted by Crippen LogP contribution is 2.43. The maximum atomic E-state index is 13.1. The Balaban J connectivity index is 1.56. The number of ether oxygens (including phenoxy) is 1. The zero-order valence-electron chi connectivity index (χ0n) is 15.8. The normalized spacial score (nSPS) is 15.5. The molecule has 3 aromatic rings. The summed E-state index contributed by atoms with van der Waals surface area (Å²) >= 11 is 1.72. The number of nitrogens with zero attached hydrogens (tertiary/aromatic N) is 3. The first-order chi connectivity index (χ1) is 14.1. The summed E-state index contributed by atoms with van der Waals surface area (Å²) in [4.78, 5) is 36.2. The average Bonchev–Trinajstić information content (AvgIpc) is 2.77. The third kappa shape index (κ3) is 4.14. The van der Waals surface area contributed by atoms with Crippen LogP contribution in [0.15, 0.2) is 71.9 Å². The molecule has 0 aliphatic carbocycles. The highest BCUT2D eigenvalue weighted by Gasteiger charge is 2.33. The summed E-state index contributed by atoms with van der Waals surface area (Å²) in [6.07, 6.45) is 2.84. The van der Waals surface area contributed by atoms with Crippen molar-refractivity contribution in [1.82, 2.24) is 9.97 Å². The van der Waals surface area contributed by atoms with E-state index in [1.807, 2.05) is 54.6 Å². The molecule has 2 heterocycles. The molecule has 1 amide bonds. The molecule has 0 saturated carbocycles. The minimum Gasteiger partial charge on any atom is -0.451 e. The standard InChI is InChI=1S/C22H19N3O3S/c1-15-11-24-17(12-23-15)22(27)28-13-21(26)25-18-9-5-6-10-20(18)29-14-19(25)16-7-3-2-4-8-16/h2-12,19H,13-14H2,1H3/t19-/m1/s1. The third-order valence-electron chi connectivity index (χ3n) is 4.60. The van der Waals surface area contributed by atoms with Crippen molar-refractivity contribution in [1.29, 1.82) is 0 Å². The number of rotatable bonds is 4. The molecule has 0 saturated heterocycles. The quantitative estimate of drug-likeness (QED) is 0.615. The fraction of sp³-hybridized carbons (Fsp3) is 0.182. The van der Waals surface area contributed by atoms with Crippen LogP contribution in [0.25, 0.3) is 0 Å². The predicted molar refractivity (Wildman–Crippen MR) is 111 cm³/mol. The van der Waals surface area contributed by atoms with E-state index in [0.717, 1.165) is 21.9 Å². The smallest absolute Gasteiger partial charge is 0.359 e. The lowest BCUT2D eigenvalue weighted by atomic mass is 10.1. The number of aryl methyl sites for hydroxylation is 1. The second-order valence-electron chi connectivity index (χ2n) is 6.59. The number of aromatic nitrogens is 2. The van der Waals surface area contributed by atoms with E-state index < -0.39 is 5.97 Å². The van der Waals surface area contributed by atoms with Crippen molar-refractivity contribution in [2.75, 3.05) is 17.3 Å². The van der Waals surface area contributed by atoms with E-state index in [9.17, 15) is 9.59 Å². The molecule has 0 spiro atoms. The van der Waals surface area contributed by atoms with Crippen molar-refractivity contribution < 1.29 is 14.3 Å². The van der Waals surface area contributed by atoms with Crippen LogP contribution in [0.2, 0.25) is 0 Å². The Bertz CT molecular complexity index is 1020. The number of hydrogen-bond acceptors (Lipinski definition) is 6. The topological polar surface area (TPSA) is 72.4 Å². The molecule has 0 bridgehead atoms. The van der Waals surface area contributed by atoms with Crippen LogP contribution in [0.5, 0.6) is 0 Å². The number of thioether (sulfide) groups is 1. The number of carbonyl (C=O) groups is 2. The van der Waals surface area contributed by atoms with Crippen LogP contribution in [0.1, 0.15) is 27.8 Å². The number of para-hydroxylation sites is 1. The highest BCUT2D eigenvalue weighted by molar-refractivity contribution is 7.99. The molecular formula is C22H19N3O3S. The molecule has 0 radical (unpaired) electrons. The molecule has 4 rings (SSSR count). The van der Waals surface area contributed by atoms with Crippen LogP contribution >= 0.6 is 11.8 Å². The molecule has 0 N–H and O–H groups in total. The van der Waals surface area contributed by atoms with Gasteiger partial charge in [0.15, 0.2) is 12.3 Å². The highest BCUT2D eigenvalue weighted by atomic mass is 32.2. The zero-order valence-corrected chi connectivity index (χ0v) is 16.6. The number of anilines is 1. The van der Waals surface area contributed by atoms with E-state index in [1.54, 1.807) is 23.6 Å². The van der Waals surface area contributed by atoms with Crippen LogP contribution in [0.4, 0.5) is 5.69 Å². The molecule has 1 atom stereocenters. The van der Waals surface area contributed by atoms with Gasteiger partial charge in [-0.1, -0.05) is 42.5 Å². The van der Waals surface area contributed by atoms with Gasteiger partial charge < -0.3 is 4.74 Å². The molecular weight excluding hydrogens is 386 g/mol. The lowest BCUT2D eigenvalue weighted by molar-refractivity contribution is -0.122. The molecule has 1 aliphatic heterocycles. The van der Waals surface area contributed by atoms with E-state index in [1.165, 1.54) is 12.4 Å². The molecule has 0 unspecified atom stereocenters. The van der Waals surface area contributed by atoms with Gasteiger partial charge in [-0.05, 0) is 24.6 Å². The van der Waals surface area contributed by atoms with E-state index >= 15 is 0 Å². The Labute approximate surface area is 172 Å². The maximum absolute atomic E-state index is 13.1. The van der Waals surface area contributed by atoms with Crippen molar-refractivity contribution in [2.24, 2.45) is 0 Å². The Morgan fingerprint density at radius 2 is 1.83 bits per heavy atom. The molecule has 29 heavy (non-hydrogen) atoms. The largest absolute Gasteiger partial charge is 0.451 e. The van der Waals surface area contributed by atoms with Crippen LogP contribution < -0.4 is 4.90 Å². The summed E-state index contributed by atoms with van der Waals surface area (Å²) in [5.41, 5.74) is 2.65. The van der Waals surface area contributed by atoms with Crippen molar-refractivity contribution in [3.8, 4) is 0 Å². The molecule has 2 aromatic carbocycles. The number of carbonyl (C=O) groups excluding carboxylic acids is 2. The molecule has 6 nitrogen and oxygen atoms in total. The summed E-state index contributed by atoms with van der Waals surface area (Å²) in [5.74, 6) is -0.216. The van der Waals surface area contributed by atoms with Gasteiger partial charge in [0.25, 0.3) is 5.91 Å². The molecule has 1 aliphatic rings. The summed E-state index contributed by atoms with van der Waals surface area (Å²) in [6, 6.07) is 17.5. The number of hydrogen-bond donors (Lipinski definition) is 0. The average molecular weight is 405 g/mol. The second kappa shape index (κ2) is 8.45. The van der Waals surface area contributed by atoms with E-state index in [4.69, 9.17) is 4.74 Å². The van der Waals surface area contributed by atoms with Gasteiger partial charge in [-0.3, -0.25) is 14.7 Å². The van der Waals surface area contributed by atoms with Crippen molar-refractivity contribution in [3.63, 3.8) is 0 Å². The minimum atomic E-state index is -0.665.